The zero-order chi connectivity index (χ0) is 13.9. The van der Waals surface area contributed by atoms with Gasteiger partial charge in [-0.3, -0.25) is 0 Å². The summed E-state index contributed by atoms with van der Waals surface area (Å²) < 4.78 is 0. The number of nitrogens with one attached hydrogen (secondary N) is 2. The van der Waals surface area contributed by atoms with Gasteiger partial charge in [0.15, 0.2) is 5.82 Å². The number of aromatic hydroxyl groups is 1. The van der Waals surface area contributed by atoms with Crippen LogP contribution in [0.4, 0.5) is 11.6 Å². The fourth-order valence-corrected chi connectivity index (χ4v) is 1.96. The third-order valence-electron chi connectivity index (χ3n) is 2.71. The average molecular weight is 287 g/mol. The Bertz CT molecular complexity index is 724. The van der Waals surface area contributed by atoms with Crippen LogP contribution in [-0.4, -0.2) is 20.3 Å². The first-order chi connectivity index (χ1) is 9.70. The maximum Gasteiger partial charge on any atom is 0.226 e. The van der Waals surface area contributed by atoms with Crippen molar-refractivity contribution in [2.24, 2.45) is 0 Å². The molecule has 0 amide bonds. The SMILES string of the molecule is Oc1ccc(Nc2nnc(-c3cccc(Cl)c3)[nH]2)cc1. The van der Waals surface area contributed by atoms with Crippen LogP contribution in [0.3, 0.4) is 0 Å². The van der Waals surface area contributed by atoms with Crippen LogP contribution in [0.1, 0.15) is 0 Å². The maximum absolute atomic E-state index is 9.23. The Morgan fingerprint density at radius 2 is 1.85 bits per heavy atom. The van der Waals surface area contributed by atoms with Gasteiger partial charge in [-0.25, -0.2) is 0 Å². The smallest absolute Gasteiger partial charge is 0.226 e. The first-order valence-corrected chi connectivity index (χ1v) is 6.33. The summed E-state index contributed by atoms with van der Waals surface area (Å²) in [6.45, 7) is 0. The average Bonchev–Trinajstić information content (AvgIpc) is 2.90. The third-order valence-corrected chi connectivity index (χ3v) is 2.95. The molecular formula is C14H11ClN4O. The number of phenols is 1. The summed E-state index contributed by atoms with van der Waals surface area (Å²) in [6, 6.07) is 14.1. The van der Waals surface area contributed by atoms with Crippen LogP contribution >= 0.6 is 11.6 Å². The van der Waals surface area contributed by atoms with E-state index in [0.717, 1.165) is 11.3 Å². The molecule has 1 aromatic heterocycles. The van der Waals surface area contributed by atoms with E-state index in [9.17, 15) is 5.11 Å². The summed E-state index contributed by atoms with van der Waals surface area (Å²) in [4.78, 5) is 3.07. The van der Waals surface area contributed by atoms with E-state index < -0.39 is 0 Å². The van der Waals surface area contributed by atoms with E-state index in [1.54, 1.807) is 30.3 Å². The highest BCUT2D eigenvalue weighted by atomic mass is 35.5. The van der Waals surface area contributed by atoms with Gasteiger partial charge >= 0.3 is 0 Å². The number of phenolic OH excluding ortho intramolecular Hbond substituents is 1. The van der Waals surface area contributed by atoms with Crippen molar-refractivity contribution < 1.29 is 5.11 Å². The van der Waals surface area contributed by atoms with Crippen LogP contribution in [0.25, 0.3) is 11.4 Å². The van der Waals surface area contributed by atoms with E-state index in [1.165, 1.54) is 0 Å². The van der Waals surface area contributed by atoms with Crippen LogP contribution in [0.5, 0.6) is 5.75 Å². The number of anilines is 2. The van der Waals surface area contributed by atoms with Crippen LogP contribution in [0.2, 0.25) is 5.02 Å². The molecule has 0 saturated heterocycles. The Kier molecular flexibility index (Phi) is 3.26. The van der Waals surface area contributed by atoms with Crippen molar-refractivity contribution >= 4 is 23.2 Å². The summed E-state index contributed by atoms with van der Waals surface area (Å²) in [7, 11) is 0. The molecule has 0 aliphatic rings. The number of rotatable bonds is 3. The van der Waals surface area contributed by atoms with Gasteiger partial charge in [0.2, 0.25) is 5.95 Å². The molecular weight excluding hydrogens is 276 g/mol. The van der Waals surface area contributed by atoms with Gasteiger partial charge in [-0.1, -0.05) is 23.7 Å². The highest BCUT2D eigenvalue weighted by Crippen LogP contribution is 2.22. The predicted molar refractivity (Wildman–Crippen MR) is 78.2 cm³/mol. The number of hydrogen-bond donors (Lipinski definition) is 3. The second kappa shape index (κ2) is 5.22. The van der Waals surface area contributed by atoms with E-state index in [2.05, 4.69) is 20.5 Å². The van der Waals surface area contributed by atoms with Crippen molar-refractivity contribution in [2.75, 3.05) is 5.32 Å². The van der Waals surface area contributed by atoms with Crippen molar-refractivity contribution in [1.29, 1.82) is 0 Å². The molecule has 6 heteroatoms. The first kappa shape index (κ1) is 12.5. The monoisotopic (exact) mass is 286 g/mol. The second-order valence-corrected chi connectivity index (χ2v) is 4.64. The number of halogens is 1. The fraction of sp³-hybridized carbons (Fsp3) is 0. The van der Waals surface area contributed by atoms with Crippen molar-refractivity contribution in [3.8, 4) is 17.1 Å². The predicted octanol–water partition coefficient (Wildman–Crippen LogP) is 3.57. The molecule has 0 radical (unpaired) electrons. The fourth-order valence-electron chi connectivity index (χ4n) is 1.77. The van der Waals surface area contributed by atoms with Crippen molar-refractivity contribution in [3.63, 3.8) is 0 Å². The molecule has 0 aliphatic carbocycles. The number of benzene rings is 2. The molecule has 0 fully saturated rings. The minimum Gasteiger partial charge on any atom is -0.508 e. The molecule has 0 atom stereocenters. The molecule has 0 bridgehead atoms. The lowest BCUT2D eigenvalue weighted by Gasteiger charge is -2.01. The molecule has 0 spiro atoms. The van der Waals surface area contributed by atoms with Gasteiger partial charge in [-0.2, -0.15) is 0 Å². The van der Waals surface area contributed by atoms with Gasteiger partial charge in [0, 0.05) is 16.3 Å². The molecule has 0 saturated carbocycles. The van der Waals surface area contributed by atoms with Gasteiger partial charge in [-0.15, -0.1) is 10.2 Å². The van der Waals surface area contributed by atoms with E-state index in [1.807, 2.05) is 18.2 Å². The molecule has 0 unspecified atom stereocenters. The Balaban J connectivity index is 1.82. The third kappa shape index (κ3) is 2.73. The molecule has 5 nitrogen and oxygen atoms in total. The Morgan fingerprint density at radius 3 is 2.60 bits per heavy atom. The lowest BCUT2D eigenvalue weighted by atomic mass is 10.2. The number of aromatic amines is 1. The van der Waals surface area contributed by atoms with Gasteiger partial charge in [0.1, 0.15) is 5.75 Å². The van der Waals surface area contributed by atoms with Crippen LogP contribution in [-0.2, 0) is 0 Å². The highest BCUT2D eigenvalue weighted by Gasteiger charge is 2.06. The molecule has 1 heterocycles. The van der Waals surface area contributed by atoms with Gasteiger partial charge in [0.25, 0.3) is 0 Å². The van der Waals surface area contributed by atoms with Crippen molar-refractivity contribution in [1.82, 2.24) is 15.2 Å². The van der Waals surface area contributed by atoms with E-state index in [0.29, 0.717) is 16.8 Å². The number of H-pyrrole nitrogens is 1. The van der Waals surface area contributed by atoms with Crippen molar-refractivity contribution in [3.05, 3.63) is 53.6 Å². The zero-order valence-corrected chi connectivity index (χ0v) is 11.1. The number of nitrogens with zero attached hydrogens (tertiary/aromatic N) is 2. The zero-order valence-electron chi connectivity index (χ0n) is 10.3. The molecule has 100 valence electrons. The van der Waals surface area contributed by atoms with Crippen LogP contribution in [0.15, 0.2) is 48.5 Å². The summed E-state index contributed by atoms with van der Waals surface area (Å²) >= 11 is 5.94. The summed E-state index contributed by atoms with van der Waals surface area (Å²) in [5.74, 6) is 1.37. The van der Waals surface area contributed by atoms with Crippen LogP contribution in [0, 0.1) is 0 Å². The van der Waals surface area contributed by atoms with E-state index in [4.69, 9.17) is 11.6 Å². The van der Waals surface area contributed by atoms with Gasteiger partial charge in [-0.05, 0) is 36.4 Å². The minimum atomic E-state index is 0.215. The van der Waals surface area contributed by atoms with Gasteiger partial charge in [0.05, 0.1) is 0 Å². The molecule has 3 aromatic rings. The summed E-state index contributed by atoms with van der Waals surface area (Å²) in [5.41, 5.74) is 1.67. The standard InChI is InChI=1S/C14H11ClN4O/c15-10-3-1-2-9(8-10)13-17-14(19-18-13)16-11-4-6-12(20)7-5-11/h1-8,20H,(H2,16,17,18,19). The topological polar surface area (TPSA) is 73.8 Å². The largest absolute Gasteiger partial charge is 0.508 e. The molecule has 3 N–H and O–H groups in total. The summed E-state index contributed by atoms with van der Waals surface area (Å²) in [6.07, 6.45) is 0. The molecule has 2 aromatic carbocycles. The number of hydrogen-bond acceptors (Lipinski definition) is 4. The molecule has 0 aliphatic heterocycles. The summed E-state index contributed by atoms with van der Waals surface area (Å²) in [5, 5.41) is 21.0. The lowest BCUT2D eigenvalue weighted by molar-refractivity contribution is 0.475. The van der Waals surface area contributed by atoms with Crippen molar-refractivity contribution in [2.45, 2.75) is 0 Å². The van der Waals surface area contributed by atoms with Gasteiger partial charge < -0.3 is 15.4 Å². The molecule has 3 rings (SSSR count). The minimum absolute atomic E-state index is 0.215. The highest BCUT2D eigenvalue weighted by molar-refractivity contribution is 6.30. The normalized spacial score (nSPS) is 10.4. The Labute approximate surface area is 120 Å². The number of aromatic nitrogens is 3. The lowest BCUT2D eigenvalue weighted by Crippen LogP contribution is -1.91. The van der Waals surface area contributed by atoms with E-state index in [-0.39, 0.29) is 5.75 Å². The molecule has 20 heavy (non-hydrogen) atoms. The Morgan fingerprint density at radius 1 is 1.05 bits per heavy atom. The first-order valence-electron chi connectivity index (χ1n) is 5.95. The van der Waals surface area contributed by atoms with Crippen LogP contribution < -0.4 is 5.32 Å². The second-order valence-electron chi connectivity index (χ2n) is 4.20. The maximum atomic E-state index is 9.23. The quantitative estimate of drug-likeness (QED) is 0.644. The Hall–Kier alpha value is -2.53. The van der Waals surface area contributed by atoms with E-state index >= 15 is 0 Å².